The fourth-order valence-corrected chi connectivity index (χ4v) is 3.79. The average molecular weight is 378 g/mol. The van der Waals surface area contributed by atoms with Crippen molar-refractivity contribution in [2.75, 3.05) is 31.5 Å². The van der Waals surface area contributed by atoms with Crippen LogP contribution in [0.1, 0.15) is 36.0 Å². The number of likely N-dealkylation sites (tertiary alicyclic amines) is 1. The Morgan fingerprint density at radius 2 is 2.04 bits per heavy atom. The molecule has 0 radical (unpaired) electrons. The number of hydrogen-bond acceptors (Lipinski definition) is 5. The number of pyridine rings is 1. The number of nitrogens with zero attached hydrogens (tertiary/aromatic N) is 3. The zero-order valence-electron chi connectivity index (χ0n) is 15.9. The number of amides is 1. The van der Waals surface area contributed by atoms with Crippen molar-refractivity contribution >= 4 is 22.8 Å². The number of hydrogen-bond donors (Lipinski definition) is 3. The van der Waals surface area contributed by atoms with Gasteiger partial charge < -0.3 is 20.9 Å². The van der Waals surface area contributed by atoms with Gasteiger partial charge in [-0.05, 0) is 63.2 Å². The van der Waals surface area contributed by atoms with Gasteiger partial charge in [-0.15, -0.1) is 0 Å². The standard InChI is InChI=1S/C21H26N6O/c22-19(28)15-7-4-9-17-18(15)26-21(25-17)16-8-5-10-23-20(16)24-11-6-14-27-12-2-1-3-13-27/h4-5,7-10H,1-3,6,11-14H2,(H2,22,28)(H,23,24)(H,25,26). The lowest BCUT2D eigenvalue weighted by Gasteiger charge is -2.26. The van der Waals surface area contributed by atoms with Gasteiger partial charge in [-0.1, -0.05) is 12.5 Å². The molecule has 3 heterocycles. The molecule has 28 heavy (non-hydrogen) atoms. The quantitative estimate of drug-likeness (QED) is 0.549. The summed E-state index contributed by atoms with van der Waals surface area (Å²) in [6.07, 6.45) is 6.84. The average Bonchev–Trinajstić information content (AvgIpc) is 3.16. The van der Waals surface area contributed by atoms with Crippen LogP contribution in [0.4, 0.5) is 5.82 Å². The van der Waals surface area contributed by atoms with Crippen molar-refractivity contribution in [2.45, 2.75) is 25.7 Å². The minimum absolute atomic E-state index is 0.417. The molecule has 0 spiro atoms. The number of piperidine rings is 1. The topological polar surface area (TPSA) is 99.9 Å². The maximum atomic E-state index is 11.7. The third-order valence-corrected chi connectivity index (χ3v) is 5.23. The Morgan fingerprint density at radius 3 is 2.86 bits per heavy atom. The highest BCUT2D eigenvalue weighted by Gasteiger charge is 2.15. The van der Waals surface area contributed by atoms with Gasteiger partial charge in [-0.3, -0.25) is 4.79 Å². The summed E-state index contributed by atoms with van der Waals surface area (Å²) < 4.78 is 0. The van der Waals surface area contributed by atoms with E-state index in [2.05, 4.69) is 25.2 Å². The van der Waals surface area contributed by atoms with Gasteiger partial charge in [0.2, 0.25) is 0 Å². The fourth-order valence-electron chi connectivity index (χ4n) is 3.79. The first-order valence-electron chi connectivity index (χ1n) is 9.92. The monoisotopic (exact) mass is 378 g/mol. The Hall–Kier alpha value is -2.93. The predicted molar refractivity (Wildman–Crippen MR) is 111 cm³/mol. The van der Waals surface area contributed by atoms with Crippen molar-refractivity contribution in [3.8, 4) is 11.4 Å². The highest BCUT2D eigenvalue weighted by molar-refractivity contribution is 6.04. The lowest BCUT2D eigenvalue weighted by molar-refractivity contribution is 0.100. The number of benzene rings is 1. The Bertz CT molecular complexity index is 960. The summed E-state index contributed by atoms with van der Waals surface area (Å²) in [5.41, 5.74) is 8.15. The summed E-state index contributed by atoms with van der Waals surface area (Å²) in [5, 5.41) is 3.44. The lowest BCUT2D eigenvalue weighted by Crippen LogP contribution is -2.31. The molecule has 4 N–H and O–H groups in total. The van der Waals surface area contributed by atoms with Crippen molar-refractivity contribution in [3.63, 3.8) is 0 Å². The van der Waals surface area contributed by atoms with Gasteiger partial charge in [0.05, 0.1) is 16.6 Å². The van der Waals surface area contributed by atoms with E-state index in [4.69, 9.17) is 5.73 Å². The van der Waals surface area contributed by atoms with Crippen LogP contribution in [-0.2, 0) is 0 Å². The molecule has 1 saturated heterocycles. The minimum Gasteiger partial charge on any atom is -0.369 e. The van der Waals surface area contributed by atoms with Crippen LogP contribution >= 0.6 is 0 Å². The number of aromatic nitrogens is 3. The maximum Gasteiger partial charge on any atom is 0.250 e. The number of nitrogens with two attached hydrogens (primary N) is 1. The van der Waals surface area contributed by atoms with E-state index in [1.54, 1.807) is 18.3 Å². The Balaban J connectivity index is 1.49. The third kappa shape index (κ3) is 3.99. The number of imidazole rings is 1. The van der Waals surface area contributed by atoms with Gasteiger partial charge in [0, 0.05) is 12.7 Å². The SMILES string of the molecule is NC(=O)c1cccc2[nH]c(-c3cccnc3NCCCN3CCCCC3)nc12. The molecule has 0 atom stereocenters. The van der Waals surface area contributed by atoms with E-state index in [9.17, 15) is 4.79 Å². The fraction of sp³-hybridized carbons (Fsp3) is 0.381. The molecule has 1 aliphatic rings. The third-order valence-electron chi connectivity index (χ3n) is 5.23. The largest absolute Gasteiger partial charge is 0.369 e. The van der Waals surface area contributed by atoms with E-state index < -0.39 is 5.91 Å². The second-order valence-corrected chi connectivity index (χ2v) is 7.23. The van der Waals surface area contributed by atoms with Gasteiger partial charge in [-0.25, -0.2) is 9.97 Å². The van der Waals surface area contributed by atoms with E-state index in [0.29, 0.717) is 16.9 Å². The Labute approximate surface area is 164 Å². The molecule has 0 unspecified atom stereocenters. The van der Waals surface area contributed by atoms with Crippen molar-refractivity contribution < 1.29 is 4.79 Å². The molecule has 2 aromatic heterocycles. The molecule has 1 amide bonds. The smallest absolute Gasteiger partial charge is 0.250 e. The van der Waals surface area contributed by atoms with Crippen molar-refractivity contribution in [3.05, 3.63) is 42.1 Å². The molecule has 1 aromatic carbocycles. The van der Waals surface area contributed by atoms with Gasteiger partial charge >= 0.3 is 0 Å². The van der Waals surface area contributed by atoms with Crippen LogP contribution in [0.3, 0.4) is 0 Å². The summed E-state index contributed by atoms with van der Waals surface area (Å²) in [4.78, 5) is 26.6. The molecule has 1 aliphatic heterocycles. The number of para-hydroxylation sites is 1. The minimum atomic E-state index is -0.481. The van der Waals surface area contributed by atoms with Crippen LogP contribution in [-0.4, -0.2) is 51.9 Å². The second-order valence-electron chi connectivity index (χ2n) is 7.23. The highest BCUT2D eigenvalue weighted by atomic mass is 16.1. The van der Waals surface area contributed by atoms with Crippen LogP contribution in [0.15, 0.2) is 36.5 Å². The van der Waals surface area contributed by atoms with Crippen LogP contribution in [0.5, 0.6) is 0 Å². The Kier molecular flexibility index (Phi) is 5.53. The zero-order chi connectivity index (χ0) is 19.3. The summed E-state index contributed by atoms with van der Waals surface area (Å²) >= 11 is 0. The summed E-state index contributed by atoms with van der Waals surface area (Å²) in [6.45, 7) is 4.40. The number of nitrogens with one attached hydrogen (secondary N) is 2. The van der Waals surface area contributed by atoms with E-state index in [-0.39, 0.29) is 0 Å². The van der Waals surface area contributed by atoms with E-state index >= 15 is 0 Å². The molecule has 0 saturated carbocycles. The summed E-state index contributed by atoms with van der Waals surface area (Å²) in [5.74, 6) is 0.988. The first-order valence-corrected chi connectivity index (χ1v) is 9.92. The number of H-pyrrole nitrogens is 1. The Morgan fingerprint density at radius 1 is 1.18 bits per heavy atom. The van der Waals surface area contributed by atoms with Crippen LogP contribution in [0, 0.1) is 0 Å². The van der Waals surface area contributed by atoms with E-state index in [0.717, 1.165) is 36.4 Å². The number of carbonyl (C=O) groups excluding carboxylic acids is 1. The van der Waals surface area contributed by atoms with Crippen LogP contribution in [0.25, 0.3) is 22.4 Å². The molecule has 3 aromatic rings. The highest BCUT2D eigenvalue weighted by Crippen LogP contribution is 2.27. The second kappa shape index (κ2) is 8.39. The molecular formula is C21H26N6O. The number of rotatable bonds is 7. The number of anilines is 1. The van der Waals surface area contributed by atoms with Gasteiger partial charge in [0.15, 0.2) is 0 Å². The van der Waals surface area contributed by atoms with Gasteiger partial charge in [-0.2, -0.15) is 0 Å². The number of primary amides is 1. The number of carbonyl (C=O) groups is 1. The first kappa shape index (κ1) is 18.4. The lowest BCUT2D eigenvalue weighted by atomic mass is 10.1. The molecule has 146 valence electrons. The molecule has 4 rings (SSSR count). The van der Waals surface area contributed by atoms with Crippen molar-refractivity contribution in [1.29, 1.82) is 0 Å². The maximum absolute atomic E-state index is 11.7. The van der Waals surface area contributed by atoms with Crippen molar-refractivity contribution in [2.24, 2.45) is 5.73 Å². The molecule has 7 heteroatoms. The molecular weight excluding hydrogens is 352 g/mol. The molecule has 1 fully saturated rings. The van der Waals surface area contributed by atoms with Crippen LogP contribution < -0.4 is 11.1 Å². The van der Waals surface area contributed by atoms with Gasteiger partial charge in [0.1, 0.15) is 17.2 Å². The molecule has 7 nitrogen and oxygen atoms in total. The zero-order valence-corrected chi connectivity index (χ0v) is 15.9. The summed E-state index contributed by atoms with van der Waals surface area (Å²) in [7, 11) is 0. The van der Waals surface area contributed by atoms with Crippen LogP contribution in [0.2, 0.25) is 0 Å². The predicted octanol–water partition coefficient (Wildman–Crippen LogP) is 3.01. The van der Waals surface area contributed by atoms with Gasteiger partial charge in [0.25, 0.3) is 5.91 Å². The number of fused-ring (bicyclic) bond motifs is 1. The normalized spacial score (nSPS) is 15.0. The number of aromatic amines is 1. The van der Waals surface area contributed by atoms with E-state index in [1.807, 2.05) is 18.2 Å². The first-order chi connectivity index (χ1) is 13.7. The summed E-state index contributed by atoms with van der Waals surface area (Å²) in [6, 6.07) is 9.24. The van der Waals surface area contributed by atoms with E-state index in [1.165, 1.54) is 32.4 Å². The molecule has 0 aliphatic carbocycles. The van der Waals surface area contributed by atoms with Crippen molar-refractivity contribution in [1.82, 2.24) is 19.9 Å². The molecule has 0 bridgehead atoms.